The molecule has 0 fully saturated rings. The van der Waals surface area contributed by atoms with E-state index in [9.17, 15) is 4.79 Å². The Hall–Kier alpha value is -0.240. The van der Waals surface area contributed by atoms with Crippen molar-refractivity contribution < 1.29 is 4.79 Å². The third-order valence-electron chi connectivity index (χ3n) is 2.06. The Morgan fingerprint density at radius 1 is 1.46 bits per heavy atom. The Morgan fingerprint density at radius 3 is 2.54 bits per heavy atom. The summed E-state index contributed by atoms with van der Waals surface area (Å²) in [5.74, 6) is 1.24. The Morgan fingerprint density at radius 2 is 2.08 bits per heavy atom. The molecular weight excluding hydrogens is 186 g/mol. The van der Waals surface area contributed by atoms with Crippen LogP contribution in [0.1, 0.15) is 33.6 Å². The summed E-state index contributed by atoms with van der Waals surface area (Å²) >= 11 is 5.62. The first-order valence-corrected chi connectivity index (χ1v) is 5.48. The van der Waals surface area contributed by atoms with Crippen LogP contribution in [0.3, 0.4) is 0 Å². The predicted molar refractivity (Wildman–Crippen MR) is 57.0 cm³/mol. The zero-order valence-corrected chi connectivity index (χ0v) is 9.53. The number of halogens is 1. The zero-order valence-electron chi connectivity index (χ0n) is 8.77. The molecule has 0 saturated carbocycles. The second-order valence-electron chi connectivity index (χ2n) is 3.69. The van der Waals surface area contributed by atoms with Crippen LogP contribution in [0.2, 0.25) is 0 Å². The van der Waals surface area contributed by atoms with Gasteiger partial charge in [0.2, 0.25) is 5.91 Å². The van der Waals surface area contributed by atoms with Gasteiger partial charge < -0.3 is 5.32 Å². The third kappa shape index (κ3) is 5.92. The molecule has 0 aromatic rings. The molecule has 0 spiro atoms. The molecule has 0 heterocycles. The topological polar surface area (TPSA) is 29.1 Å². The summed E-state index contributed by atoms with van der Waals surface area (Å²) in [6, 6.07) is 0. The molecule has 0 aliphatic carbocycles. The van der Waals surface area contributed by atoms with Gasteiger partial charge >= 0.3 is 0 Å². The van der Waals surface area contributed by atoms with E-state index in [2.05, 4.69) is 12.2 Å². The largest absolute Gasteiger partial charge is 0.356 e. The van der Waals surface area contributed by atoms with Crippen molar-refractivity contribution in [3.8, 4) is 0 Å². The van der Waals surface area contributed by atoms with E-state index in [4.69, 9.17) is 11.6 Å². The molecule has 0 aliphatic heterocycles. The molecule has 13 heavy (non-hydrogen) atoms. The molecule has 0 bridgehead atoms. The van der Waals surface area contributed by atoms with E-state index < -0.39 is 0 Å². The highest BCUT2D eigenvalue weighted by molar-refractivity contribution is 6.18. The average Bonchev–Trinajstić information content (AvgIpc) is 2.13. The zero-order chi connectivity index (χ0) is 10.3. The lowest BCUT2D eigenvalue weighted by atomic mass is 10.1. The Balaban J connectivity index is 3.61. The number of nitrogens with one attached hydrogen (secondary N) is 1. The summed E-state index contributed by atoms with van der Waals surface area (Å²) < 4.78 is 0. The fraction of sp³-hybridized carbons (Fsp3) is 0.900. The molecule has 0 aromatic carbocycles. The van der Waals surface area contributed by atoms with Crippen LogP contribution in [-0.2, 0) is 4.79 Å². The van der Waals surface area contributed by atoms with E-state index in [1.54, 1.807) is 0 Å². The molecule has 2 nitrogen and oxygen atoms in total. The second-order valence-corrected chi connectivity index (χ2v) is 4.00. The highest BCUT2D eigenvalue weighted by Gasteiger charge is 2.11. The molecule has 0 radical (unpaired) electrons. The van der Waals surface area contributed by atoms with Crippen molar-refractivity contribution in [2.24, 2.45) is 11.8 Å². The first kappa shape index (κ1) is 12.8. The first-order chi connectivity index (χ1) is 6.11. The number of amides is 1. The first-order valence-electron chi connectivity index (χ1n) is 4.95. The summed E-state index contributed by atoms with van der Waals surface area (Å²) in [6.07, 6.45) is 2.01. The summed E-state index contributed by atoms with van der Waals surface area (Å²) in [5, 5.41) is 2.89. The average molecular weight is 206 g/mol. The minimum Gasteiger partial charge on any atom is -0.356 e. The third-order valence-corrected chi connectivity index (χ3v) is 2.58. The summed E-state index contributed by atoms with van der Waals surface area (Å²) in [6.45, 7) is 6.77. The minimum atomic E-state index is 0.132. The standard InChI is InChI=1S/C10H20ClNO/c1-4-5-9(3)10(13)12-7-8(2)6-11/h8-9H,4-7H2,1-3H3,(H,12,13). The van der Waals surface area contributed by atoms with Gasteiger partial charge in [0.15, 0.2) is 0 Å². The Labute approximate surface area is 86.0 Å². The van der Waals surface area contributed by atoms with Crippen LogP contribution in [0.15, 0.2) is 0 Å². The summed E-state index contributed by atoms with van der Waals surface area (Å²) in [5.41, 5.74) is 0. The SMILES string of the molecule is CCCC(C)C(=O)NCC(C)CCl. The molecular formula is C10H20ClNO. The van der Waals surface area contributed by atoms with Crippen LogP contribution in [0, 0.1) is 11.8 Å². The van der Waals surface area contributed by atoms with Crippen molar-refractivity contribution in [2.45, 2.75) is 33.6 Å². The van der Waals surface area contributed by atoms with Gasteiger partial charge in [0, 0.05) is 18.3 Å². The number of carbonyl (C=O) groups excluding carboxylic acids is 1. The van der Waals surface area contributed by atoms with Gasteiger partial charge in [-0.3, -0.25) is 4.79 Å². The van der Waals surface area contributed by atoms with Crippen LogP contribution < -0.4 is 5.32 Å². The highest BCUT2D eigenvalue weighted by atomic mass is 35.5. The van der Waals surface area contributed by atoms with E-state index in [1.807, 2.05) is 13.8 Å². The lowest BCUT2D eigenvalue weighted by molar-refractivity contribution is -0.124. The van der Waals surface area contributed by atoms with Gasteiger partial charge in [0.1, 0.15) is 0 Å². The molecule has 0 aliphatic rings. The number of hydrogen-bond donors (Lipinski definition) is 1. The van der Waals surface area contributed by atoms with Crippen LogP contribution in [-0.4, -0.2) is 18.3 Å². The van der Waals surface area contributed by atoms with Gasteiger partial charge in [-0.05, 0) is 12.3 Å². The lowest BCUT2D eigenvalue weighted by Crippen LogP contribution is -2.33. The van der Waals surface area contributed by atoms with Crippen LogP contribution in [0.5, 0.6) is 0 Å². The fourth-order valence-electron chi connectivity index (χ4n) is 1.07. The molecule has 0 saturated heterocycles. The summed E-state index contributed by atoms with van der Waals surface area (Å²) in [7, 11) is 0. The van der Waals surface area contributed by atoms with Crippen LogP contribution in [0.4, 0.5) is 0 Å². The van der Waals surface area contributed by atoms with E-state index in [0.717, 1.165) is 12.8 Å². The van der Waals surface area contributed by atoms with E-state index in [-0.39, 0.29) is 11.8 Å². The van der Waals surface area contributed by atoms with E-state index in [0.29, 0.717) is 18.3 Å². The molecule has 2 unspecified atom stereocenters. The lowest BCUT2D eigenvalue weighted by Gasteiger charge is -2.13. The number of hydrogen-bond acceptors (Lipinski definition) is 1. The van der Waals surface area contributed by atoms with Gasteiger partial charge in [-0.25, -0.2) is 0 Å². The molecule has 1 N–H and O–H groups in total. The van der Waals surface area contributed by atoms with E-state index in [1.165, 1.54) is 0 Å². The van der Waals surface area contributed by atoms with Crippen molar-refractivity contribution in [1.29, 1.82) is 0 Å². The highest BCUT2D eigenvalue weighted by Crippen LogP contribution is 2.05. The van der Waals surface area contributed by atoms with Crippen molar-refractivity contribution in [2.75, 3.05) is 12.4 Å². The second kappa shape index (κ2) is 7.19. The molecule has 2 atom stereocenters. The monoisotopic (exact) mass is 205 g/mol. The maximum atomic E-state index is 11.4. The smallest absolute Gasteiger partial charge is 0.222 e. The normalized spacial score (nSPS) is 15.1. The van der Waals surface area contributed by atoms with E-state index >= 15 is 0 Å². The van der Waals surface area contributed by atoms with Gasteiger partial charge in [0.25, 0.3) is 0 Å². The number of carbonyl (C=O) groups is 1. The van der Waals surface area contributed by atoms with Gasteiger partial charge in [-0.15, -0.1) is 11.6 Å². The van der Waals surface area contributed by atoms with Crippen LogP contribution >= 0.6 is 11.6 Å². The molecule has 0 rings (SSSR count). The predicted octanol–water partition coefficient (Wildman–Crippen LogP) is 2.41. The number of rotatable bonds is 6. The fourth-order valence-corrected chi connectivity index (χ4v) is 1.18. The molecule has 3 heteroatoms. The Bertz CT molecular complexity index is 150. The maximum Gasteiger partial charge on any atom is 0.222 e. The molecule has 0 aromatic heterocycles. The number of alkyl halides is 1. The van der Waals surface area contributed by atoms with Gasteiger partial charge in [-0.2, -0.15) is 0 Å². The van der Waals surface area contributed by atoms with Crippen molar-refractivity contribution >= 4 is 17.5 Å². The van der Waals surface area contributed by atoms with Gasteiger partial charge in [-0.1, -0.05) is 27.2 Å². The Kier molecular flexibility index (Phi) is 7.06. The minimum absolute atomic E-state index is 0.132. The van der Waals surface area contributed by atoms with Gasteiger partial charge in [0.05, 0.1) is 0 Å². The summed E-state index contributed by atoms with van der Waals surface area (Å²) in [4.78, 5) is 11.4. The molecule has 1 amide bonds. The van der Waals surface area contributed by atoms with Crippen molar-refractivity contribution in [3.63, 3.8) is 0 Å². The van der Waals surface area contributed by atoms with Crippen molar-refractivity contribution in [1.82, 2.24) is 5.32 Å². The van der Waals surface area contributed by atoms with Crippen LogP contribution in [0.25, 0.3) is 0 Å². The maximum absolute atomic E-state index is 11.4. The molecule has 78 valence electrons. The quantitative estimate of drug-likeness (QED) is 0.663. The van der Waals surface area contributed by atoms with Crippen molar-refractivity contribution in [3.05, 3.63) is 0 Å².